The maximum atomic E-state index is 11.7. The van der Waals surface area contributed by atoms with Gasteiger partial charge < -0.3 is 14.8 Å². The van der Waals surface area contributed by atoms with Crippen LogP contribution in [0.4, 0.5) is 0 Å². The van der Waals surface area contributed by atoms with Gasteiger partial charge in [-0.3, -0.25) is 4.79 Å². The first-order valence-corrected chi connectivity index (χ1v) is 5.30. The van der Waals surface area contributed by atoms with E-state index in [1.165, 1.54) is 0 Å². The van der Waals surface area contributed by atoms with E-state index in [1.54, 1.807) is 20.8 Å². The lowest BCUT2D eigenvalue weighted by Crippen LogP contribution is -2.52. The zero-order valence-corrected chi connectivity index (χ0v) is 10.1. The lowest BCUT2D eigenvalue weighted by atomic mass is 10.1. The number of hydrogen-bond donors (Lipinski definition) is 1. The number of nitrogens with zero attached hydrogens (tertiary/aromatic N) is 1. The summed E-state index contributed by atoms with van der Waals surface area (Å²) in [6.45, 7) is 5.58. The molecule has 0 aromatic carbocycles. The van der Waals surface area contributed by atoms with Gasteiger partial charge in [-0.1, -0.05) is 5.18 Å². The fourth-order valence-corrected chi connectivity index (χ4v) is 1.35. The number of carbonyl (C=O) groups excluding carboxylic acids is 2. The monoisotopic (exact) mass is 244 g/mol. The second kappa shape index (κ2) is 5.22. The zero-order chi connectivity index (χ0) is 13.1. The van der Waals surface area contributed by atoms with Crippen molar-refractivity contribution in [2.75, 3.05) is 13.2 Å². The van der Waals surface area contributed by atoms with E-state index < -0.39 is 29.6 Å². The van der Waals surface area contributed by atoms with Crippen molar-refractivity contribution < 1.29 is 19.1 Å². The van der Waals surface area contributed by atoms with Gasteiger partial charge in [-0.15, -0.1) is 4.91 Å². The molecule has 1 aliphatic heterocycles. The second-order valence-electron chi connectivity index (χ2n) is 4.67. The summed E-state index contributed by atoms with van der Waals surface area (Å²) in [6, 6.07) is -1.46. The molecule has 7 heteroatoms. The summed E-state index contributed by atoms with van der Waals surface area (Å²) in [5.74, 6) is -1.37. The first-order valence-electron chi connectivity index (χ1n) is 5.30. The third kappa shape index (κ3) is 3.77. The van der Waals surface area contributed by atoms with Crippen LogP contribution < -0.4 is 5.32 Å². The Morgan fingerprint density at radius 1 is 1.59 bits per heavy atom. The van der Waals surface area contributed by atoms with Gasteiger partial charge in [0.05, 0.1) is 6.61 Å². The minimum Gasteiger partial charge on any atom is -0.458 e. The summed E-state index contributed by atoms with van der Waals surface area (Å²) in [5.41, 5.74) is -0.745. The summed E-state index contributed by atoms with van der Waals surface area (Å²) >= 11 is 0. The van der Waals surface area contributed by atoms with Crippen molar-refractivity contribution in [3.63, 3.8) is 0 Å². The first-order chi connectivity index (χ1) is 7.85. The summed E-state index contributed by atoms with van der Waals surface area (Å²) in [6.07, 6.45) is -1.20. The largest absolute Gasteiger partial charge is 0.458 e. The van der Waals surface area contributed by atoms with E-state index in [2.05, 4.69) is 10.5 Å². The molecule has 0 radical (unpaired) electrons. The Hall–Kier alpha value is -1.50. The predicted octanol–water partition coefficient (Wildman–Crippen LogP) is -0.0219. The highest BCUT2D eigenvalue weighted by Gasteiger charge is 2.40. The molecule has 1 aliphatic rings. The Balaban J connectivity index is 2.73. The lowest BCUT2D eigenvalue weighted by Gasteiger charge is -2.27. The Kier molecular flexibility index (Phi) is 4.17. The molecule has 1 rings (SSSR count). The topological polar surface area (TPSA) is 94.1 Å². The summed E-state index contributed by atoms with van der Waals surface area (Å²) in [5, 5.41) is 5.13. The lowest BCUT2D eigenvalue weighted by molar-refractivity contribution is -0.164. The SMILES string of the molecule is CC(C)(C)OC(=O)[C@H](N=O)[C@H]1OCCNC1=O. The summed E-state index contributed by atoms with van der Waals surface area (Å²) in [4.78, 5) is 33.7. The maximum absolute atomic E-state index is 11.7. The van der Waals surface area contributed by atoms with Gasteiger partial charge in [0.15, 0.2) is 6.10 Å². The molecule has 96 valence electrons. The van der Waals surface area contributed by atoms with Crippen LogP contribution in [0.25, 0.3) is 0 Å². The van der Waals surface area contributed by atoms with Crippen LogP contribution in [-0.4, -0.2) is 42.8 Å². The Labute approximate surface area is 98.8 Å². The Bertz CT molecular complexity index is 323. The average Bonchev–Trinajstić information content (AvgIpc) is 2.19. The van der Waals surface area contributed by atoms with Gasteiger partial charge in [0.25, 0.3) is 5.91 Å². The van der Waals surface area contributed by atoms with Gasteiger partial charge in [0.2, 0.25) is 6.04 Å². The van der Waals surface area contributed by atoms with Crippen molar-refractivity contribution >= 4 is 11.9 Å². The number of hydrogen-bond acceptors (Lipinski definition) is 6. The third-order valence-corrected chi connectivity index (χ3v) is 2.01. The van der Waals surface area contributed by atoms with E-state index in [4.69, 9.17) is 9.47 Å². The van der Waals surface area contributed by atoms with E-state index >= 15 is 0 Å². The molecule has 1 fully saturated rings. The third-order valence-electron chi connectivity index (χ3n) is 2.01. The highest BCUT2D eigenvalue weighted by Crippen LogP contribution is 2.14. The van der Waals surface area contributed by atoms with Gasteiger partial charge in [-0.25, -0.2) is 4.79 Å². The number of amides is 1. The standard InChI is InChI=1S/C10H16N2O5/c1-10(2,3)17-9(14)6(12-15)7-8(13)11-4-5-16-7/h6-7H,4-5H2,1-3H3,(H,11,13)/t6-,7-/m1/s1. The van der Waals surface area contributed by atoms with E-state index in [-0.39, 0.29) is 6.61 Å². The number of morpholine rings is 1. The fourth-order valence-electron chi connectivity index (χ4n) is 1.35. The Morgan fingerprint density at radius 2 is 2.24 bits per heavy atom. The van der Waals surface area contributed by atoms with Gasteiger partial charge in [0, 0.05) is 6.54 Å². The highest BCUT2D eigenvalue weighted by molar-refractivity contribution is 5.90. The average molecular weight is 244 g/mol. The van der Waals surface area contributed by atoms with Gasteiger partial charge in [0.1, 0.15) is 5.60 Å². The van der Waals surface area contributed by atoms with Gasteiger partial charge >= 0.3 is 5.97 Å². The summed E-state index contributed by atoms with van der Waals surface area (Å²) in [7, 11) is 0. The molecule has 0 aromatic rings. The van der Waals surface area contributed by atoms with Gasteiger partial charge in [-0.2, -0.15) is 0 Å². The minimum atomic E-state index is -1.46. The smallest absolute Gasteiger partial charge is 0.338 e. The minimum absolute atomic E-state index is 0.241. The number of rotatable bonds is 3. The molecule has 17 heavy (non-hydrogen) atoms. The zero-order valence-electron chi connectivity index (χ0n) is 10.1. The molecule has 1 heterocycles. The predicted molar refractivity (Wildman–Crippen MR) is 58.2 cm³/mol. The summed E-state index contributed by atoms with van der Waals surface area (Å²) < 4.78 is 10.1. The van der Waals surface area contributed by atoms with Crippen LogP contribution in [0, 0.1) is 4.91 Å². The van der Waals surface area contributed by atoms with Crippen LogP contribution in [-0.2, 0) is 19.1 Å². The van der Waals surface area contributed by atoms with E-state index in [1.807, 2.05) is 0 Å². The van der Waals surface area contributed by atoms with E-state index in [0.717, 1.165) is 0 Å². The number of nitrogens with one attached hydrogen (secondary N) is 1. The maximum Gasteiger partial charge on any atom is 0.338 e. The van der Waals surface area contributed by atoms with Crippen molar-refractivity contribution in [1.29, 1.82) is 0 Å². The van der Waals surface area contributed by atoms with Crippen LogP contribution >= 0.6 is 0 Å². The molecule has 2 atom stereocenters. The number of ether oxygens (including phenoxy) is 2. The molecule has 0 bridgehead atoms. The van der Waals surface area contributed by atoms with Crippen molar-refractivity contribution in [2.24, 2.45) is 5.18 Å². The van der Waals surface area contributed by atoms with Crippen LogP contribution in [0.5, 0.6) is 0 Å². The number of carbonyl (C=O) groups is 2. The molecule has 0 aliphatic carbocycles. The molecule has 0 unspecified atom stereocenters. The van der Waals surface area contributed by atoms with Crippen LogP contribution in [0.15, 0.2) is 5.18 Å². The van der Waals surface area contributed by atoms with Crippen molar-refractivity contribution in [3.8, 4) is 0 Å². The molecule has 7 nitrogen and oxygen atoms in total. The molecule has 1 amide bonds. The number of esters is 1. The van der Waals surface area contributed by atoms with Gasteiger partial charge in [-0.05, 0) is 20.8 Å². The van der Waals surface area contributed by atoms with E-state index in [9.17, 15) is 14.5 Å². The molecular formula is C10H16N2O5. The molecule has 1 saturated heterocycles. The normalized spacial score (nSPS) is 22.5. The van der Waals surface area contributed by atoms with Crippen molar-refractivity contribution in [3.05, 3.63) is 4.91 Å². The van der Waals surface area contributed by atoms with Crippen LogP contribution in [0.3, 0.4) is 0 Å². The molecule has 0 aromatic heterocycles. The quantitative estimate of drug-likeness (QED) is 0.556. The van der Waals surface area contributed by atoms with E-state index in [0.29, 0.717) is 6.54 Å². The molecular weight excluding hydrogens is 228 g/mol. The Morgan fingerprint density at radius 3 is 2.71 bits per heavy atom. The first kappa shape index (κ1) is 13.6. The van der Waals surface area contributed by atoms with Crippen molar-refractivity contribution in [2.45, 2.75) is 38.5 Å². The fraction of sp³-hybridized carbons (Fsp3) is 0.800. The molecule has 0 saturated carbocycles. The molecule has 0 spiro atoms. The van der Waals surface area contributed by atoms with Crippen molar-refractivity contribution in [1.82, 2.24) is 5.32 Å². The highest BCUT2D eigenvalue weighted by atomic mass is 16.6. The van der Waals surface area contributed by atoms with Crippen LogP contribution in [0.2, 0.25) is 0 Å². The van der Waals surface area contributed by atoms with Crippen LogP contribution in [0.1, 0.15) is 20.8 Å². The molecule has 1 N–H and O–H groups in total. The number of nitroso groups, excluding NO2 is 1. The second-order valence-corrected chi connectivity index (χ2v) is 4.67.